The maximum absolute atomic E-state index is 12.6. The zero-order valence-electron chi connectivity index (χ0n) is 12.3. The number of aromatic nitrogens is 1. The lowest BCUT2D eigenvalue weighted by atomic mass is 9.99. The average Bonchev–Trinajstić information content (AvgIpc) is 3.27. The first kappa shape index (κ1) is 16.9. The molecule has 1 fully saturated rings. The molecule has 0 radical (unpaired) electrons. The van der Waals surface area contributed by atoms with Crippen molar-refractivity contribution in [1.29, 1.82) is 0 Å². The normalized spacial score (nSPS) is 15.8. The van der Waals surface area contributed by atoms with Crippen LogP contribution in [0.1, 0.15) is 35.7 Å². The molecule has 1 unspecified atom stereocenters. The van der Waals surface area contributed by atoms with Crippen LogP contribution in [0, 0.1) is 12.8 Å². The molecule has 0 aliphatic heterocycles. The molecule has 0 saturated heterocycles. The van der Waals surface area contributed by atoms with Gasteiger partial charge in [0.25, 0.3) is 0 Å². The zero-order valence-corrected chi connectivity index (χ0v) is 13.8. The van der Waals surface area contributed by atoms with E-state index in [1.165, 1.54) is 12.3 Å². The van der Waals surface area contributed by atoms with Crippen LogP contribution in [0.4, 0.5) is 0 Å². The predicted molar refractivity (Wildman–Crippen MR) is 85.0 cm³/mol. The largest absolute Gasteiger partial charge is 0.465 e. The fourth-order valence-electron chi connectivity index (χ4n) is 1.81. The lowest BCUT2D eigenvalue weighted by Crippen LogP contribution is -2.28. The van der Waals surface area contributed by atoms with E-state index in [0.29, 0.717) is 5.56 Å². The minimum atomic E-state index is -1.11. The fourth-order valence-corrected chi connectivity index (χ4v) is 2.22. The van der Waals surface area contributed by atoms with Crippen molar-refractivity contribution < 1.29 is 14.3 Å². The highest BCUT2D eigenvalue weighted by atomic mass is 35.5. The van der Waals surface area contributed by atoms with E-state index in [4.69, 9.17) is 27.9 Å². The van der Waals surface area contributed by atoms with Gasteiger partial charge in [-0.25, -0.2) is 4.98 Å². The third kappa shape index (κ3) is 4.05. The SMILES string of the molecule is CCOC(=O)C(C=NC1CC1)C(=O)c1cc(C)c(Cl)nc1Cl. The number of esters is 1. The highest BCUT2D eigenvalue weighted by Crippen LogP contribution is 2.25. The molecule has 0 amide bonds. The summed E-state index contributed by atoms with van der Waals surface area (Å²) in [5.41, 5.74) is 0.750. The van der Waals surface area contributed by atoms with Crippen LogP contribution in [-0.2, 0) is 9.53 Å². The molecule has 1 aliphatic carbocycles. The number of ether oxygens (including phenoxy) is 1. The molecule has 0 spiro atoms. The van der Waals surface area contributed by atoms with Gasteiger partial charge in [0.05, 0.1) is 12.2 Å². The molecule has 118 valence electrons. The van der Waals surface area contributed by atoms with Crippen molar-refractivity contribution in [3.63, 3.8) is 0 Å². The number of nitrogens with zero attached hydrogens (tertiary/aromatic N) is 2. The van der Waals surface area contributed by atoms with Crippen molar-refractivity contribution in [2.45, 2.75) is 32.7 Å². The molecule has 1 heterocycles. The van der Waals surface area contributed by atoms with Gasteiger partial charge in [0.15, 0.2) is 11.7 Å². The van der Waals surface area contributed by atoms with Gasteiger partial charge >= 0.3 is 5.97 Å². The number of aryl methyl sites for hydroxylation is 1. The van der Waals surface area contributed by atoms with Gasteiger partial charge in [0, 0.05) is 12.3 Å². The number of pyridine rings is 1. The van der Waals surface area contributed by atoms with E-state index in [9.17, 15) is 9.59 Å². The van der Waals surface area contributed by atoms with Crippen molar-refractivity contribution in [2.75, 3.05) is 6.61 Å². The molecule has 22 heavy (non-hydrogen) atoms. The van der Waals surface area contributed by atoms with Crippen molar-refractivity contribution in [3.05, 3.63) is 27.5 Å². The van der Waals surface area contributed by atoms with Crippen LogP contribution in [0.5, 0.6) is 0 Å². The topological polar surface area (TPSA) is 68.6 Å². The van der Waals surface area contributed by atoms with Crippen LogP contribution in [0.3, 0.4) is 0 Å². The Morgan fingerprint density at radius 2 is 2.14 bits per heavy atom. The summed E-state index contributed by atoms with van der Waals surface area (Å²) in [5, 5.41) is 0.190. The number of Topliss-reactive ketones (excluding diaryl/α,β-unsaturated/α-hetero) is 1. The predicted octanol–water partition coefficient (Wildman–Crippen LogP) is 3.29. The Balaban J connectivity index is 2.31. The third-order valence-corrected chi connectivity index (χ3v) is 3.86. The van der Waals surface area contributed by atoms with Gasteiger partial charge in [-0.1, -0.05) is 23.2 Å². The summed E-state index contributed by atoms with van der Waals surface area (Å²) in [7, 11) is 0. The Morgan fingerprint density at radius 1 is 1.45 bits per heavy atom. The van der Waals surface area contributed by atoms with Crippen molar-refractivity contribution in [1.82, 2.24) is 4.98 Å². The van der Waals surface area contributed by atoms with Gasteiger partial charge in [-0.2, -0.15) is 0 Å². The molecule has 1 atom stereocenters. The van der Waals surface area contributed by atoms with Gasteiger partial charge in [-0.05, 0) is 38.3 Å². The van der Waals surface area contributed by atoms with Gasteiger partial charge in [-0.15, -0.1) is 0 Å². The van der Waals surface area contributed by atoms with Crippen molar-refractivity contribution >= 4 is 41.2 Å². The van der Waals surface area contributed by atoms with Crippen LogP contribution in [0.15, 0.2) is 11.1 Å². The first-order valence-corrected chi connectivity index (χ1v) is 7.76. The monoisotopic (exact) mass is 342 g/mol. The third-order valence-electron chi connectivity index (χ3n) is 3.19. The van der Waals surface area contributed by atoms with Crippen LogP contribution >= 0.6 is 23.2 Å². The second kappa shape index (κ2) is 7.20. The van der Waals surface area contributed by atoms with Crippen LogP contribution < -0.4 is 0 Å². The highest BCUT2D eigenvalue weighted by molar-refractivity contribution is 6.36. The molecule has 1 saturated carbocycles. The standard InChI is InChI=1S/C15H16Cl2N2O3/c1-3-22-15(21)11(7-18-9-4-5-9)12(20)10-6-8(2)13(16)19-14(10)17/h6-7,9,11H,3-5H2,1-2H3. The maximum atomic E-state index is 12.6. The smallest absolute Gasteiger partial charge is 0.322 e. The minimum Gasteiger partial charge on any atom is -0.465 e. The van der Waals surface area contributed by atoms with Gasteiger partial charge < -0.3 is 4.74 Å². The molecule has 0 N–H and O–H groups in total. The molecule has 0 bridgehead atoms. The Kier molecular flexibility index (Phi) is 5.53. The van der Waals surface area contributed by atoms with E-state index in [-0.39, 0.29) is 28.5 Å². The number of aliphatic imine (C=N–C) groups is 1. The molecular formula is C15H16Cl2N2O3. The summed E-state index contributed by atoms with van der Waals surface area (Å²) in [4.78, 5) is 32.8. The number of carbonyl (C=O) groups is 2. The number of hydrogen-bond acceptors (Lipinski definition) is 5. The van der Waals surface area contributed by atoms with Gasteiger partial charge in [0.1, 0.15) is 10.3 Å². The van der Waals surface area contributed by atoms with E-state index >= 15 is 0 Å². The van der Waals surface area contributed by atoms with Crippen LogP contribution in [0.2, 0.25) is 10.3 Å². The summed E-state index contributed by atoms with van der Waals surface area (Å²) >= 11 is 11.9. The van der Waals surface area contributed by atoms with Crippen LogP contribution in [0.25, 0.3) is 0 Å². The Hall–Kier alpha value is -1.46. The minimum absolute atomic E-state index is 0.0327. The van der Waals surface area contributed by atoms with E-state index in [1.54, 1.807) is 13.8 Å². The number of rotatable bonds is 6. The van der Waals surface area contributed by atoms with E-state index < -0.39 is 17.7 Å². The second-order valence-electron chi connectivity index (χ2n) is 5.06. The lowest BCUT2D eigenvalue weighted by molar-refractivity contribution is -0.143. The molecule has 7 heteroatoms. The highest BCUT2D eigenvalue weighted by Gasteiger charge is 2.31. The number of halogens is 2. The Morgan fingerprint density at radius 3 is 2.73 bits per heavy atom. The molecule has 5 nitrogen and oxygen atoms in total. The molecular weight excluding hydrogens is 327 g/mol. The average molecular weight is 343 g/mol. The van der Waals surface area contributed by atoms with E-state index in [1.807, 2.05) is 0 Å². The molecule has 1 aliphatic rings. The number of ketones is 1. The lowest BCUT2D eigenvalue weighted by Gasteiger charge is -2.12. The fraction of sp³-hybridized carbons (Fsp3) is 0.467. The number of hydrogen-bond donors (Lipinski definition) is 0. The van der Waals surface area contributed by atoms with Crippen molar-refractivity contribution in [3.8, 4) is 0 Å². The maximum Gasteiger partial charge on any atom is 0.322 e. The summed E-state index contributed by atoms with van der Waals surface area (Å²) in [6, 6.07) is 1.72. The van der Waals surface area contributed by atoms with E-state index in [2.05, 4.69) is 9.98 Å². The summed E-state index contributed by atoms with van der Waals surface area (Å²) < 4.78 is 4.95. The quantitative estimate of drug-likeness (QED) is 0.261. The summed E-state index contributed by atoms with van der Waals surface area (Å²) in [6.07, 6.45) is 3.31. The summed E-state index contributed by atoms with van der Waals surface area (Å²) in [6.45, 7) is 3.57. The van der Waals surface area contributed by atoms with Gasteiger partial charge in [0.2, 0.25) is 0 Å². The Bertz CT molecular complexity index is 627. The number of carbonyl (C=O) groups excluding carboxylic acids is 2. The van der Waals surface area contributed by atoms with Crippen molar-refractivity contribution in [2.24, 2.45) is 10.9 Å². The molecule has 2 rings (SSSR count). The summed E-state index contributed by atoms with van der Waals surface area (Å²) in [5.74, 6) is -2.24. The molecule has 0 aromatic carbocycles. The zero-order chi connectivity index (χ0) is 16.3. The first-order chi connectivity index (χ1) is 10.4. The second-order valence-corrected chi connectivity index (χ2v) is 5.77. The Labute approximate surface area is 138 Å². The van der Waals surface area contributed by atoms with Gasteiger partial charge in [-0.3, -0.25) is 14.6 Å². The molecule has 1 aromatic rings. The molecule has 1 aromatic heterocycles. The van der Waals surface area contributed by atoms with E-state index in [0.717, 1.165) is 12.8 Å². The van der Waals surface area contributed by atoms with Crippen LogP contribution in [-0.4, -0.2) is 35.6 Å². The first-order valence-electron chi connectivity index (χ1n) is 7.00.